The van der Waals surface area contributed by atoms with Gasteiger partial charge in [-0.1, -0.05) is 25.5 Å². The van der Waals surface area contributed by atoms with Crippen LogP contribution in [0.15, 0.2) is 24.3 Å². The minimum Gasteiger partial charge on any atom is -0.380 e. The number of methoxy groups -OCH3 is 1. The van der Waals surface area contributed by atoms with Gasteiger partial charge in [0.2, 0.25) is 0 Å². The molecule has 0 N–H and O–H groups in total. The van der Waals surface area contributed by atoms with Crippen LogP contribution in [0.25, 0.3) is 0 Å². The van der Waals surface area contributed by atoms with E-state index in [1.165, 1.54) is 0 Å². The van der Waals surface area contributed by atoms with E-state index in [2.05, 4.69) is 6.92 Å². The lowest BCUT2D eigenvalue weighted by Gasteiger charge is -2.16. The van der Waals surface area contributed by atoms with Gasteiger partial charge in [-0.15, -0.1) is 0 Å². The molecule has 1 aromatic carbocycles. The van der Waals surface area contributed by atoms with Crippen molar-refractivity contribution in [1.29, 1.82) is 0 Å². The summed E-state index contributed by atoms with van der Waals surface area (Å²) in [6.45, 7) is 3.52. The zero-order chi connectivity index (χ0) is 12.7. The summed E-state index contributed by atoms with van der Waals surface area (Å²) in [5, 5.41) is 0. The highest BCUT2D eigenvalue weighted by Crippen LogP contribution is 2.08. The van der Waals surface area contributed by atoms with Crippen LogP contribution in [0.3, 0.4) is 0 Å². The van der Waals surface area contributed by atoms with E-state index in [0.29, 0.717) is 6.61 Å². The van der Waals surface area contributed by atoms with E-state index >= 15 is 0 Å². The number of carbonyl (C=O) groups excluding carboxylic acids is 1. The molecule has 0 fully saturated rings. The lowest BCUT2D eigenvalue weighted by atomic mass is 10.1. The molecule has 0 aliphatic rings. The molecule has 0 aliphatic carbocycles. The lowest BCUT2D eigenvalue weighted by Crippen LogP contribution is -2.27. The van der Waals surface area contributed by atoms with Crippen LogP contribution in [0.4, 0.5) is 0 Å². The maximum absolute atomic E-state index is 12.0. The molecule has 0 unspecified atom stereocenters. The Labute approximate surface area is 103 Å². The quantitative estimate of drug-likeness (QED) is 0.758. The van der Waals surface area contributed by atoms with Gasteiger partial charge in [0.05, 0.1) is 6.61 Å². The fraction of sp³-hybridized carbons (Fsp3) is 0.500. The van der Waals surface area contributed by atoms with E-state index in [1.807, 2.05) is 31.3 Å². The number of ether oxygens (including phenoxy) is 1. The Hall–Kier alpha value is -1.35. The normalized spacial score (nSPS) is 10.3. The van der Waals surface area contributed by atoms with Crippen LogP contribution in [0.2, 0.25) is 0 Å². The van der Waals surface area contributed by atoms with Crippen LogP contribution >= 0.6 is 0 Å². The van der Waals surface area contributed by atoms with Crippen molar-refractivity contribution in [1.82, 2.24) is 4.90 Å². The first kappa shape index (κ1) is 13.7. The van der Waals surface area contributed by atoms with Crippen LogP contribution in [-0.4, -0.2) is 31.5 Å². The van der Waals surface area contributed by atoms with Gasteiger partial charge in [0, 0.05) is 26.3 Å². The highest BCUT2D eigenvalue weighted by molar-refractivity contribution is 5.94. The topological polar surface area (TPSA) is 29.5 Å². The van der Waals surface area contributed by atoms with Crippen molar-refractivity contribution in [2.75, 3.05) is 20.7 Å². The summed E-state index contributed by atoms with van der Waals surface area (Å²) in [4.78, 5) is 13.8. The SMILES string of the molecule is CCCCN(C)C(=O)c1ccc(COC)cc1. The van der Waals surface area contributed by atoms with Crippen LogP contribution in [0.5, 0.6) is 0 Å². The van der Waals surface area contributed by atoms with Gasteiger partial charge < -0.3 is 9.64 Å². The van der Waals surface area contributed by atoms with E-state index in [9.17, 15) is 4.79 Å². The van der Waals surface area contributed by atoms with Crippen molar-refractivity contribution in [3.05, 3.63) is 35.4 Å². The monoisotopic (exact) mass is 235 g/mol. The first-order chi connectivity index (χ1) is 8.19. The lowest BCUT2D eigenvalue weighted by molar-refractivity contribution is 0.0793. The molecule has 0 atom stereocenters. The third kappa shape index (κ3) is 4.19. The van der Waals surface area contributed by atoms with E-state index in [4.69, 9.17) is 4.74 Å². The highest BCUT2D eigenvalue weighted by Gasteiger charge is 2.10. The van der Waals surface area contributed by atoms with Gasteiger partial charge in [-0.05, 0) is 24.1 Å². The summed E-state index contributed by atoms with van der Waals surface area (Å²) < 4.78 is 5.03. The van der Waals surface area contributed by atoms with Gasteiger partial charge in [0.25, 0.3) is 5.91 Å². The first-order valence-electron chi connectivity index (χ1n) is 6.02. The molecule has 0 saturated heterocycles. The van der Waals surface area contributed by atoms with Gasteiger partial charge in [-0.25, -0.2) is 0 Å². The summed E-state index contributed by atoms with van der Waals surface area (Å²) in [6.07, 6.45) is 2.15. The number of hydrogen-bond acceptors (Lipinski definition) is 2. The maximum atomic E-state index is 12.0. The number of hydrogen-bond donors (Lipinski definition) is 0. The average molecular weight is 235 g/mol. The molecule has 0 saturated carbocycles. The van der Waals surface area contributed by atoms with Gasteiger partial charge in [-0.3, -0.25) is 4.79 Å². The van der Waals surface area contributed by atoms with Crippen LogP contribution in [-0.2, 0) is 11.3 Å². The summed E-state index contributed by atoms with van der Waals surface area (Å²) in [5.74, 6) is 0.0856. The van der Waals surface area contributed by atoms with E-state index in [1.54, 1.807) is 12.0 Å². The largest absolute Gasteiger partial charge is 0.380 e. The maximum Gasteiger partial charge on any atom is 0.253 e. The number of unbranched alkanes of at least 4 members (excludes halogenated alkanes) is 1. The average Bonchev–Trinajstić information content (AvgIpc) is 2.36. The summed E-state index contributed by atoms with van der Waals surface area (Å²) >= 11 is 0. The van der Waals surface area contributed by atoms with Crippen LogP contribution < -0.4 is 0 Å². The third-order valence-corrected chi connectivity index (χ3v) is 2.71. The zero-order valence-electron chi connectivity index (χ0n) is 10.9. The Kier molecular flexibility index (Phi) is 5.70. The Morgan fingerprint density at radius 2 is 1.94 bits per heavy atom. The zero-order valence-corrected chi connectivity index (χ0v) is 10.9. The molecule has 3 heteroatoms. The molecule has 1 aromatic rings. The molecule has 17 heavy (non-hydrogen) atoms. The first-order valence-corrected chi connectivity index (χ1v) is 6.02. The molecule has 0 radical (unpaired) electrons. The van der Waals surface area contributed by atoms with Gasteiger partial charge in [-0.2, -0.15) is 0 Å². The predicted molar refractivity (Wildman–Crippen MR) is 69.0 cm³/mol. The molecule has 0 spiro atoms. The van der Waals surface area contributed by atoms with Crippen molar-refractivity contribution in [2.24, 2.45) is 0 Å². The third-order valence-electron chi connectivity index (χ3n) is 2.71. The number of benzene rings is 1. The van der Waals surface area contributed by atoms with Crippen molar-refractivity contribution >= 4 is 5.91 Å². The Balaban J connectivity index is 2.62. The molecule has 0 heterocycles. The second-order valence-electron chi connectivity index (χ2n) is 4.21. The van der Waals surface area contributed by atoms with Crippen LogP contribution in [0.1, 0.15) is 35.7 Å². The van der Waals surface area contributed by atoms with Crippen LogP contribution in [0, 0.1) is 0 Å². The molecule has 0 aromatic heterocycles. The van der Waals surface area contributed by atoms with Crippen molar-refractivity contribution in [2.45, 2.75) is 26.4 Å². The molecular formula is C14H21NO2. The minimum atomic E-state index is 0.0856. The van der Waals surface area contributed by atoms with Gasteiger partial charge in [0.1, 0.15) is 0 Å². The van der Waals surface area contributed by atoms with Crippen molar-refractivity contribution in [3.63, 3.8) is 0 Å². The van der Waals surface area contributed by atoms with Crippen molar-refractivity contribution < 1.29 is 9.53 Å². The van der Waals surface area contributed by atoms with E-state index in [0.717, 1.165) is 30.5 Å². The Bertz CT molecular complexity index is 346. The second kappa shape index (κ2) is 7.07. The molecular weight excluding hydrogens is 214 g/mol. The van der Waals surface area contributed by atoms with E-state index < -0.39 is 0 Å². The second-order valence-corrected chi connectivity index (χ2v) is 4.21. The molecule has 3 nitrogen and oxygen atoms in total. The molecule has 1 amide bonds. The fourth-order valence-electron chi connectivity index (χ4n) is 1.63. The minimum absolute atomic E-state index is 0.0856. The summed E-state index contributed by atoms with van der Waals surface area (Å²) in [7, 11) is 3.51. The van der Waals surface area contributed by atoms with Crippen molar-refractivity contribution in [3.8, 4) is 0 Å². The molecule has 94 valence electrons. The predicted octanol–water partition coefficient (Wildman–Crippen LogP) is 2.71. The number of amides is 1. The molecule has 0 aliphatic heterocycles. The fourth-order valence-corrected chi connectivity index (χ4v) is 1.63. The smallest absolute Gasteiger partial charge is 0.253 e. The number of rotatable bonds is 6. The van der Waals surface area contributed by atoms with Gasteiger partial charge >= 0.3 is 0 Å². The molecule has 0 bridgehead atoms. The Morgan fingerprint density at radius 1 is 1.29 bits per heavy atom. The standard InChI is InChI=1S/C14H21NO2/c1-4-5-10-15(2)14(16)13-8-6-12(7-9-13)11-17-3/h6-9H,4-5,10-11H2,1-3H3. The molecule has 1 rings (SSSR count). The number of nitrogens with zero attached hydrogens (tertiary/aromatic N) is 1. The van der Waals surface area contributed by atoms with Gasteiger partial charge in [0.15, 0.2) is 0 Å². The summed E-state index contributed by atoms with van der Waals surface area (Å²) in [6, 6.07) is 7.59. The summed E-state index contributed by atoms with van der Waals surface area (Å²) in [5.41, 5.74) is 1.82. The number of carbonyl (C=O) groups is 1. The van der Waals surface area contributed by atoms with E-state index in [-0.39, 0.29) is 5.91 Å². The highest BCUT2D eigenvalue weighted by atomic mass is 16.5. The Morgan fingerprint density at radius 3 is 2.47 bits per heavy atom.